The Morgan fingerprint density at radius 2 is 1.88 bits per heavy atom. The summed E-state index contributed by atoms with van der Waals surface area (Å²) in [6, 6.07) is 9.84. The van der Waals surface area contributed by atoms with Crippen molar-refractivity contribution >= 4 is 0 Å². The number of epoxide rings is 1. The molecule has 3 saturated heterocycles. The molecule has 2 N–H and O–H groups in total. The Morgan fingerprint density at radius 1 is 1.12 bits per heavy atom. The lowest BCUT2D eigenvalue weighted by molar-refractivity contribution is -0.362. The van der Waals surface area contributed by atoms with Crippen LogP contribution in [0.15, 0.2) is 30.3 Å². The van der Waals surface area contributed by atoms with Gasteiger partial charge >= 0.3 is 0 Å². The second-order valence-corrected chi connectivity index (χ2v) is 6.62. The van der Waals surface area contributed by atoms with Crippen LogP contribution in [0.25, 0.3) is 0 Å². The molecule has 7 nitrogen and oxygen atoms in total. The minimum absolute atomic E-state index is 0.126. The minimum atomic E-state index is -1.17. The highest BCUT2D eigenvalue weighted by Gasteiger charge is 2.63. The highest BCUT2D eigenvalue weighted by molar-refractivity contribution is 5.26. The van der Waals surface area contributed by atoms with Gasteiger partial charge in [-0.2, -0.15) is 0 Å². The lowest BCUT2D eigenvalue weighted by Crippen LogP contribution is -2.64. The van der Waals surface area contributed by atoms with Gasteiger partial charge in [0.1, 0.15) is 36.1 Å². The maximum absolute atomic E-state index is 10.3. The molecule has 0 saturated carbocycles. The van der Waals surface area contributed by atoms with E-state index in [9.17, 15) is 10.2 Å². The lowest BCUT2D eigenvalue weighted by Gasteiger charge is -2.46. The molecule has 4 rings (SSSR count). The Labute approximate surface area is 140 Å². The average molecular weight is 338 g/mol. The van der Waals surface area contributed by atoms with Crippen LogP contribution < -0.4 is 0 Å². The van der Waals surface area contributed by atoms with Gasteiger partial charge in [0.05, 0.1) is 6.61 Å². The van der Waals surface area contributed by atoms with Gasteiger partial charge in [0.25, 0.3) is 0 Å². The smallest absolute Gasteiger partial charge is 0.189 e. The van der Waals surface area contributed by atoms with Gasteiger partial charge in [-0.1, -0.05) is 30.3 Å². The van der Waals surface area contributed by atoms with Crippen LogP contribution in [0.1, 0.15) is 18.6 Å². The molecule has 3 aliphatic heterocycles. The van der Waals surface area contributed by atoms with Crippen LogP contribution >= 0.6 is 0 Å². The molecule has 0 spiro atoms. The summed E-state index contributed by atoms with van der Waals surface area (Å²) in [6.45, 7) is 2.15. The second kappa shape index (κ2) is 6.03. The van der Waals surface area contributed by atoms with Crippen molar-refractivity contribution in [2.24, 2.45) is 0 Å². The number of rotatable bonds is 3. The summed E-state index contributed by atoms with van der Waals surface area (Å²) in [5, 5.41) is 20.4. The molecule has 8 atom stereocenters. The second-order valence-electron chi connectivity index (χ2n) is 6.62. The highest BCUT2D eigenvalue weighted by Crippen LogP contribution is 2.53. The molecule has 132 valence electrons. The van der Waals surface area contributed by atoms with E-state index in [4.69, 9.17) is 23.7 Å². The predicted octanol–water partition coefficient (Wildman–Crippen LogP) is 0.351. The summed E-state index contributed by atoms with van der Waals surface area (Å²) in [7, 11) is 1.41. The zero-order valence-electron chi connectivity index (χ0n) is 13.6. The van der Waals surface area contributed by atoms with Gasteiger partial charge in [0, 0.05) is 7.11 Å². The molecule has 7 heteroatoms. The Bertz CT molecular complexity index is 580. The number of benzene rings is 1. The Hall–Kier alpha value is -1.06. The Balaban J connectivity index is 1.47. The van der Waals surface area contributed by atoms with E-state index in [0.717, 1.165) is 5.56 Å². The number of hydrogen-bond acceptors (Lipinski definition) is 7. The SMILES string of the molecule is CO[C@@H]1O[C@@H]2CO[C@H]([C@]3(C)O[C@H]3c3ccccc3)O[C@@H]2[C@H](O)[C@H]1O. The standard InChI is InChI=1S/C17H22O7/c1-17(14(24-17)9-6-4-3-5-7-9)16-21-8-10-13(23-16)11(18)12(19)15(20-2)22-10/h3-7,10-16,18-19H,8H2,1-2H3/t10-,11-,12-,13+,14+,15-,16+,17-/m1/s1. The summed E-state index contributed by atoms with van der Waals surface area (Å²) < 4.78 is 28.2. The fourth-order valence-electron chi connectivity index (χ4n) is 3.49. The third-order valence-corrected chi connectivity index (χ3v) is 4.97. The summed E-state index contributed by atoms with van der Waals surface area (Å²) >= 11 is 0. The van der Waals surface area contributed by atoms with Gasteiger partial charge in [0.15, 0.2) is 12.6 Å². The first kappa shape index (κ1) is 16.4. The van der Waals surface area contributed by atoms with Crippen molar-refractivity contribution in [2.75, 3.05) is 13.7 Å². The van der Waals surface area contributed by atoms with Gasteiger partial charge in [-0.3, -0.25) is 0 Å². The molecule has 0 unspecified atom stereocenters. The monoisotopic (exact) mass is 338 g/mol. The molecular weight excluding hydrogens is 316 g/mol. The molecule has 0 aliphatic carbocycles. The van der Waals surface area contributed by atoms with E-state index in [0.29, 0.717) is 0 Å². The number of hydrogen-bond donors (Lipinski definition) is 2. The van der Waals surface area contributed by atoms with E-state index in [1.54, 1.807) is 0 Å². The molecular formula is C17H22O7. The van der Waals surface area contributed by atoms with Gasteiger partial charge in [0.2, 0.25) is 0 Å². The van der Waals surface area contributed by atoms with Gasteiger partial charge in [-0.05, 0) is 12.5 Å². The lowest BCUT2D eigenvalue weighted by atomic mass is 9.96. The summed E-state index contributed by atoms with van der Waals surface area (Å²) in [6.07, 6.45) is -5.14. The van der Waals surface area contributed by atoms with Crippen LogP contribution in [0.4, 0.5) is 0 Å². The van der Waals surface area contributed by atoms with Crippen LogP contribution in [0.5, 0.6) is 0 Å². The first-order valence-corrected chi connectivity index (χ1v) is 8.09. The van der Waals surface area contributed by atoms with Crippen LogP contribution in [-0.2, 0) is 23.7 Å². The highest BCUT2D eigenvalue weighted by atomic mass is 16.8. The maximum Gasteiger partial charge on any atom is 0.189 e. The first-order valence-electron chi connectivity index (χ1n) is 8.09. The van der Waals surface area contributed by atoms with Crippen LogP contribution in [0.2, 0.25) is 0 Å². The number of ether oxygens (including phenoxy) is 5. The molecule has 0 amide bonds. The van der Waals surface area contributed by atoms with Crippen molar-refractivity contribution in [1.29, 1.82) is 0 Å². The van der Waals surface area contributed by atoms with E-state index in [1.807, 2.05) is 37.3 Å². The van der Waals surface area contributed by atoms with Crippen molar-refractivity contribution in [3.63, 3.8) is 0 Å². The van der Waals surface area contributed by atoms with E-state index < -0.39 is 42.6 Å². The molecule has 3 aliphatic rings. The van der Waals surface area contributed by atoms with Crippen molar-refractivity contribution in [2.45, 2.75) is 55.6 Å². The Kier molecular flexibility index (Phi) is 4.12. The zero-order valence-corrected chi connectivity index (χ0v) is 13.6. The van der Waals surface area contributed by atoms with E-state index in [-0.39, 0.29) is 12.7 Å². The molecule has 3 fully saturated rings. The van der Waals surface area contributed by atoms with Gasteiger partial charge in [-0.25, -0.2) is 0 Å². The summed E-state index contributed by atoms with van der Waals surface area (Å²) in [4.78, 5) is 0. The number of aliphatic hydroxyl groups is 2. The molecule has 1 aromatic rings. The van der Waals surface area contributed by atoms with Crippen molar-refractivity contribution in [1.82, 2.24) is 0 Å². The van der Waals surface area contributed by atoms with Crippen molar-refractivity contribution in [3.8, 4) is 0 Å². The number of fused-ring (bicyclic) bond motifs is 1. The third kappa shape index (κ3) is 2.57. The minimum Gasteiger partial charge on any atom is -0.387 e. The average Bonchev–Trinajstić information content (AvgIpc) is 3.31. The first-order chi connectivity index (χ1) is 11.5. The van der Waals surface area contributed by atoms with Crippen LogP contribution in [-0.4, -0.2) is 66.5 Å². The quantitative estimate of drug-likeness (QED) is 0.769. The summed E-state index contributed by atoms with van der Waals surface area (Å²) in [5.41, 5.74) is 0.420. The van der Waals surface area contributed by atoms with E-state index in [1.165, 1.54) is 7.11 Å². The van der Waals surface area contributed by atoms with Crippen molar-refractivity contribution in [3.05, 3.63) is 35.9 Å². The molecule has 0 aromatic heterocycles. The third-order valence-electron chi connectivity index (χ3n) is 4.97. The summed E-state index contributed by atoms with van der Waals surface area (Å²) in [5.74, 6) is 0. The normalized spacial score (nSPS) is 47.9. The van der Waals surface area contributed by atoms with E-state index >= 15 is 0 Å². The van der Waals surface area contributed by atoms with Gasteiger partial charge < -0.3 is 33.9 Å². The number of aliphatic hydroxyl groups excluding tert-OH is 2. The van der Waals surface area contributed by atoms with Gasteiger partial charge in [-0.15, -0.1) is 0 Å². The van der Waals surface area contributed by atoms with Crippen LogP contribution in [0, 0.1) is 0 Å². The predicted molar refractivity (Wildman–Crippen MR) is 81.0 cm³/mol. The van der Waals surface area contributed by atoms with E-state index in [2.05, 4.69) is 0 Å². The fraction of sp³-hybridized carbons (Fsp3) is 0.647. The topological polar surface area (TPSA) is 89.9 Å². The van der Waals surface area contributed by atoms with Crippen molar-refractivity contribution < 1.29 is 33.9 Å². The molecule has 1 aromatic carbocycles. The van der Waals surface area contributed by atoms with Crippen LogP contribution in [0.3, 0.4) is 0 Å². The number of methoxy groups -OCH3 is 1. The fourth-order valence-corrected chi connectivity index (χ4v) is 3.49. The molecule has 24 heavy (non-hydrogen) atoms. The Morgan fingerprint density at radius 3 is 2.58 bits per heavy atom. The maximum atomic E-state index is 10.3. The molecule has 0 radical (unpaired) electrons. The largest absolute Gasteiger partial charge is 0.387 e. The molecule has 0 bridgehead atoms. The molecule has 3 heterocycles. The zero-order chi connectivity index (χ0) is 16.9.